The summed E-state index contributed by atoms with van der Waals surface area (Å²) in [5.74, 6) is 2.22. The number of rotatable bonds is 7. The Hall–Kier alpha value is -3.25. The molecule has 3 aromatic carbocycles. The average molecular weight is 343 g/mol. The maximum Gasteiger partial charge on any atom is 0.129 e. The molecule has 0 fully saturated rings. The molecule has 0 saturated heterocycles. The molecule has 0 unspecified atom stereocenters. The molecule has 0 aliphatic carbocycles. The largest absolute Gasteiger partial charge is 0.494 e. The van der Waals surface area contributed by atoms with Crippen LogP contribution in [-0.4, -0.2) is 6.61 Å². The van der Waals surface area contributed by atoms with Gasteiger partial charge in [0.25, 0.3) is 0 Å². The number of nitrogens with zero attached hydrogens (tertiary/aromatic N) is 1. The molecule has 0 atom stereocenters. The lowest BCUT2D eigenvalue weighted by Crippen LogP contribution is -1.96. The average Bonchev–Trinajstić information content (AvgIpc) is 2.69. The zero-order chi connectivity index (χ0) is 18.2. The van der Waals surface area contributed by atoms with Crippen molar-refractivity contribution in [1.29, 1.82) is 5.26 Å². The van der Waals surface area contributed by atoms with Gasteiger partial charge in [-0.05, 0) is 60.0 Å². The molecule has 130 valence electrons. The maximum absolute atomic E-state index is 9.37. The van der Waals surface area contributed by atoms with Crippen LogP contribution in [-0.2, 0) is 0 Å². The number of unbranched alkanes of at least 4 members (excludes halogenated alkanes) is 1. The Kier molecular flexibility index (Phi) is 5.90. The molecule has 0 spiro atoms. The summed E-state index contributed by atoms with van der Waals surface area (Å²) in [6, 6.07) is 25.2. The molecule has 3 rings (SSSR count). The van der Waals surface area contributed by atoms with E-state index in [0.717, 1.165) is 35.5 Å². The minimum atomic E-state index is 0.561. The fourth-order valence-corrected chi connectivity index (χ4v) is 2.61. The summed E-state index contributed by atoms with van der Waals surface area (Å²) in [5, 5.41) is 9.37. The molecular weight excluding hydrogens is 322 g/mol. The third kappa shape index (κ3) is 4.64. The van der Waals surface area contributed by atoms with E-state index in [1.807, 2.05) is 66.7 Å². The molecule has 0 radical (unpaired) electrons. The fraction of sp³-hybridized carbons (Fsp3) is 0.174. The zero-order valence-electron chi connectivity index (χ0n) is 14.8. The third-order valence-electron chi connectivity index (χ3n) is 3.95. The van der Waals surface area contributed by atoms with Gasteiger partial charge < -0.3 is 9.47 Å². The quantitative estimate of drug-likeness (QED) is 0.480. The van der Waals surface area contributed by atoms with Crippen molar-refractivity contribution < 1.29 is 9.47 Å². The van der Waals surface area contributed by atoms with Gasteiger partial charge in [0.05, 0.1) is 18.2 Å². The van der Waals surface area contributed by atoms with E-state index >= 15 is 0 Å². The van der Waals surface area contributed by atoms with Gasteiger partial charge in [-0.15, -0.1) is 0 Å². The highest BCUT2D eigenvalue weighted by Crippen LogP contribution is 2.30. The number of ether oxygens (including phenoxy) is 2. The Morgan fingerprint density at radius 2 is 1.58 bits per heavy atom. The van der Waals surface area contributed by atoms with Crippen molar-refractivity contribution in [3.8, 4) is 34.4 Å². The molecular formula is C23H21NO2. The van der Waals surface area contributed by atoms with E-state index in [9.17, 15) is 5.26 Å². The molecule has 3 nitrogen and oxygen atoms in total. The lowest BCUT2D eigenvalue weighted by molar-refractivity contribution is 0.309. The zero-order valence-corrected chi connectivity index (χ0v) is 14.8. The minimum Gasteiger partial charge on any atom is -0.494 e. The Morgan fingerprint density at radius 3 is 2.35 bits per heavy atom. The summed E-state index contributed by atoms with van der Waals surface area (Å²) in [5.41, 5.74) is 2.48. The maximum atomic E-state index is 9.37. The van der Waals surface area contributed by atoms with Gasteiger partial charge in [-0.25, -0.2) is 0 Å². The van der Waals surface area contributed by atoms with Crippen LogP contribution >= 0.6 is 0 Å². The van der Waals surface area contributed by atoms with Crippen molar-refractivity contribution in [2.75, 3.05) is 6.61 Å². The third-order valence-corrected chi connectivity index (χ3v) is 3.95. The van der Waals surface area contributed by atoms with E-state index in [2.05, 4.69) is 13.0 Å². The molecule has 0 saturated carbocycles. The summed E-state index contributed by atoms with van der Waals surface area (Å²) in [6.07, 6.45) is 2.13. The van der Waals surface area contributed by atoms with Crippen LogP contribution in [0.4, 0.5) is 0 Å². The summed E-state index contributed by atoms with van der Waals surface area (Å²) in [4.78, 5) is 0. The first-order valence-corrected chi connectivity index (χ1v) is 8.80. The van der Waals surface area contributed by atoms with Crippen molar-refractivity contribution in [3.63, 3.8) is 0 Å². The molecule has 26 heavy (non-hydrogen) atoms. The monoisotopic (exact) mass is 343 g/mol. The minimum absolute atomic E-state index is 0.561. The van der Waals surface area contributed by atoms with Crippen LogP contribution in [0, 0.1) is 11.3 Å². The van der Waals surface area contributed by atoms with Gasteiger partial charge in [0, 0.05) is 0 Å². The van der Waals surface area contributed by atoms with Crippen LogP contribution in [0.3, 0.4) is 0 Å². The Labute approximate surface area is 154 Å². The lowest BCUT2D eigenvalue weighted by atomic mass is 10.0. The first kappa shape index (κ1) is 17.6. The molecule has 0 N–H and O–H groups in total. The molecule has 0 aliphatic heterocycles. The summed E-state index contributed by atoms with van der Waals surface area (Å²) < 4.78 is 11.7. The number of hydrogen-bond acceptors (Lipinski definition) is 3. The highest BCUT2D eigenvalue weighted by atomic mass is 16.5. The fourth-order valence-electron chi connectivity index (χ4n) is 2.61. The van der Waals surface area contributed by atoms with Crippen LogP contribution in [0.15, 0.2) is 72.8 Å². The predicted molar refractivity (Wildman–Crippen MR) is 104 cm³/mol. The normalized spacial score (nSPS) is 10.2. The smallest absolute Gasteiger partial charge is 0.129 e. The number of nitriles is 1. The summed E-state index contributed by atoms with van der Waals surface area (Å²) in [6.45, 7) is 2.85. The van der Waals surface area contributed by atoms with E-state index in [1.165, 1.54) is 0 Å². The number of benzene rings is 3. The van der Waals surface area contributed by atoms with Crippen LogP contribution in [0.2, 0.25) is 0 Å². The molecule has 0 bridgehead atoms. The Balaban J connectivity index is 1.88. The van der Waals surface area contributed by atoms with Crippen LogP contribution in [0.5, 0.6) is 17.2 Å². The molecule has 3 aromatic rings. The first-order valence-electron chi connectivity index (χ1n) is 8.80. The second kappa shape index (κ2) is 8.73. The molecule has 0 aromatic heterocycles. The van der Waals surface area contributed by atoms with E-state index < -0.39 is 0 Å². The van der Waals surface area contributed by atoms with Gasteiger partial charge in [0.1, 0.15) is 17.2 Å². The number of hydrogen-bond donors (Lipinski definition) is 0. The van der Waals surface area contributed by atoms with Crippen molar-refractivity contribution >= 4 is 0 Å². The SMILES string of the molecule is CCCCOc1cccc(-c2cc(C#N)cc(Oc3ccccc3)c2)c1. The Morgan fingerprint density at radius 1 is 0.808 bits per heavy atom. The summed E-state index contributed by atoms with van der Waals surface area (Å²) in [7, 11) is 0. The van der Waals surface area contributed by atoms with Crippen molar-refractivity contribution in [2.24, 2.45) is 0 Å². The van der Waals surface area contributed by atoms with E-state index in [4.69, 9.17) is 9.47 Å². The van der Waals surface area contributed by atoms with Crippen molar-refractivity contribution in [1.82, 2.24) is 0 Å². The van der Waals surface area contributed by atoms with Crippen LogP contribution < -0.4 is 9.47 Å². The Bertz CT molecular complexity index is 898. The van der Waals surface area contributed by atoms with Gasteiger partial charge in [-0.2, -0.15) is 5.26 Å². The summed E-state index contributed by atoms with van der Waals surface area (Å²) >= 11 is 0. The van der Waals surface area contributed by atoms with Gasteiger partial charge in [0.15, 0.2) is 0 Å². The van der Waals surface area contributed by atoms with E-state index in [-0.39, 0.29) is 0 Å². The first-order chi connectivity index (χ1) is 12.8. The topological polar surface area (TPSA) is 42.2 Å². The second-order valence-electron chi connectivity index (χ2n) is 6.00. The van der Waals surface area contributed by atoms with Gasteiger partial charge in [-0.1, -0.05) is 43.7 Å². The van der Waals surface area contributed by atoms with Gasteiger partial charge in [-0.3, -0.25) is 0 Å². The molecule has 0 heterocycles. The van der Waals surface area contributed by atoms with Crippen LogP contribution in [0.25, 0.3) is 11.1 Å². The lowest BCUT2D eigenvalue weighted by Gasteiger charge is -2.11. The van der Waals surface area contributed by atoms with Crippen molar-refractivity contribution in [2.45, 2.75) is 19.8 Å². The highest BCUT2D eigenvalue weighted by Gasteiger charge is 2.07. The van der Waals surface area contributed by atoms with Gasteiger partial charge in [0.2, 0.25) is 0 Å². The van der Waals surface area contributed by atoms with Gasteiger partial charge >= 0.3 is 0 Å². The number of para-hydroxylation sites is 1. The van der Waals surface area contributed by atoms with Crippen molar-refractivity contribution in [3.05, 3.63) is 78.4 Å². The molecule has 0 amide bonds. The van der Waals surface area contributed by atoms with Crippen LogP contribution in [0.1, 0.15) is 25.3 Å². The standard InChI is InChI=1S/C23H21NO2/c1-2-3-12-25-22-11-7-8-19(15-22)20-13-18(17-24)14-23(16-20)26-21-9-5-4-6-10-21/h4-11,13-16H,2-3,12H2,1H3. The molecule has 0 aliphatic rings. The molecule has 3 heteroatoms. The highest BCUT2D eigenvalue weighted by molar-refractivity contribution is 5.68. The second-order valence-corrected chi connectivity index (χ2v) is 6.00. The predicted octanol–water partition coefficient (Wildman–Crippen LogP) is 6.20. The van der Waals surface area contributed by atoms with E-state index in [0.29, 0.717) is 17.9 Å². The van der Waals surface area contributed by atoms with E-state index in [1.54, 1.807) is 6.07 Å².